The summed E-state index contributed by atoms with van der Waals surface area (Å²) in [7, 11) is 0. The van der Waals surface area contributed by atoms with Crippen molar-refractivity contribution in [3.8, 4) is 22.3 Å². The van der Waals surface area contributed by atoms with E-state index in [1.807, 2.05) is 22.7 Å². The van der Waals surface area contributed by atoms with Crippen molar-refractivity contribution in [1.82, 2.24) is 0 Å². The van der Waals surface area contributed by atoms with E-state index in [1.165, 1.54) is 84.1 Å². The Balaban J connectivity index is 1.21. The highest BCUT2D eigenvalue weighted by Crippen LogP contribution is 2.44. The SMILES string of the molecule is c1ccc(-c2ccc3cc4c(cc3c2)sc2cc3c(cc24)sc2cc4cc(-c5ccccc5)ccc4cc23)cc1. The summed E-state index contributed by atoms with van der Waals surface area (Å²) in [5.74, 6) is 0. The summed E-state index contributed by atoms with van der Waals surface area (Å²) in [6, 6.07) is 49.4. The summed E-state index contributed by atoms with van der Waals surface area (Å²) < 4.78 is 5.43. The van der Waals surface area contributed by atoms with E-state index in [9.17, 15) is 0 Å². The first-order valence-corrected chi connectivity index (χ1v) is 15.2. The smallest absolute Gasteiger partial charge is 0.0362 e. The number of fused-ring (bicyclic) bond motifs is 8. The van der Waals surface area contributed by atoms with Crippen molar-refractivity contribution in [2.75, 3.05) is 0 Å². The second-order valence-corrected chi connectivity index (χ2v) is 12.8. The zero-order valence-corrected chi connectivity index (χ0v) is 23.2. The van der Waals surface area contributed by atoms with Crippen LogP contribution in [0.3, 0.4) is 0 Å². The second kappa shape index (κ2) is 8.50. The van der Waals surface area contributed by atoms with E-state index in [-0.39, 0.29) is 0 Å². The molecule has 2 aromatic heterocycles. The minimum atomic E-state index is 1.26. The van der Waals surface area contributed by atoms with Crippen LogP contribution in [0, 0.1) is 0 Å². The molecule has 0 radical (unpaired) electrons. The Bertz CT molecular complexity index is 2240. The fraction of sp³-hybridized carbons (Fsp3) is 0. The van der Waals surface area contributed by atoms with Gasteiger partial charge < -0.3 is 0 Å². The third kappa shape index (κ3) is 3.43. The van der Waals surface area contributed by atoms with Gasteiger partial charge in [-0.1, -0.05) is 84.9 Å². The lowest BCUT2D eigenvalue weighted by atomic mass is 9.99. The molecule has 0 aliphatic heterocycles. The lowest BCUT2D eigenvalue weighted by Crippen LogP contribution is -1.79. The van der Waals surface area contributed by atoms with Crippen molar-refractivity contribution in [2.45, 2.75) is 0 Å². The van der Waals surface area contributed by atoms with Gasteiger partial charge in [-0.2, -0.15) is 0 Å². The van der Waals surface area contributed by atoms with Gasteiger partial charge in [-0.25, -0.2) is 0 Å². The van der Waals surface area contributed by atoms with Crippen LogP contribution in [0.1, 0.15) is 0 Å². The van der Waals surface area contributed by atoms with Crippen LogP contribution in [0.15, 0.2) is 133 Å². The summed E-state index contributed by atoms with van der Waals surface area (Å²) in [4.78, 5) is 0. The predicted octanol–water partition coefficient (Wildman–Crippen LogP) is 12.1. The van der Waals surface area contributed by atoms with Crippen molar-refractivity contribution < 1.29 is 0 Å². The number of hydrogen-bond acceptors (Lipinski definition) is 2. The molecule has 0 fully saturated rings. The van der Waals surface area contributed by atoms with Crippen molar-refractivity contribution >= 4 is 84.6 Å². The van der Waals surface area contributed by atoms with E-state index in [4.69, 9.17) is 0 Å². The third-order valence-electron chi connectivity index (χ3n) is 8.19. The molecule has 0 aliphatic carbocycles. The summed E-state index contributed by atoms with van der Waals surface area (Å²) in [6.45, 7) is 0. The van der Waals surface area contributed by atoms with E-state index < -0.39 is 0 Å². The Labute approximate surface area is 239 Å². The molecule has 0 amide bonds. The molecule has 0 bridgehead atoms. The van der Waals surface area contributed by atoms with Crippen LogP contribution in [0.4, 0.5) is 0 Å². The largest absolute Gasteiger partial charge is 0.135 e. The molecule has 2 heterocycles. The molecule has 9 aromatic rings. The molecule has 0 atom stereocenters. The molecule has 7 aromatic carbocycles. The van der Waals surface area contributed by atoms with Gasteiger partial charge in [0, 0.05) is 40.3 Å². The lowest BCUT2D eigenvalue weighted by molar-refractivity contribution is 1.65. The molecular weight excluding hydrogens is 521 g/mol. The highest BCUT2D eigenvalue weighted by molar-refractivity contribution is 7.27. The van der Waals surface area contributed by atoms with E-state index >= 15 is 0 Å². The van der Waals surface area contributed by atoms with Crippen LogP contribution in [-0.4, -0.2) is 0 Å². The zero-order chi connectivity index (χ0) is 26.2. The Morgan fingerprint density at radius 2 is 0.675 bits per heavy atom. The number of benzene rings is 7. The molecule has 0 N–H and O–H groups in total. The topological polar surface area (TPSA) is 0 Å². The predicted molar refractivity (Wildman–Crippen MR) is 178 cm³/mol. The molecule has 186 valence electrons. The highest BCUT2D eigenvalue weighted by atomic mass is 32.1. The minimum absolute atomic E-state index is 1.26. The molecule has 0 aliphatic rings. The standard InChI is InChI=1S/C38H22S2/c1-3-7-23(8-4-1)25-11-13-27-17-31-33-21-38-34(22-37(33)39-35(31)19-29(27)15-25)32-18-28-14-12-26(24-9-5-2-6-10-24)16-30(28)20-36(32)40-38/h1-22H. The maximum atomic E-state index is 2.43. The van der Waals surface area contributed by atoms with Gasteiger partial charge in [0.1, 0.15) is 0 Å². The van der Waals surface area contributed by atoms with Crippen molar-refractivity contribution in [1.29, 1.82) is 0 Å². The van der Waals surface area contributed by atoms with Gasteiger partial charge in [0.25, 0.3) is 0 Å². The average Bonchev–Trinajstić information content (AvgIpc) is 3.53. The van der Waals surface area contributed by atoms with Crippen molar-refractivity contribution in [2.24, 2.45) is 0 Å². The maximum absolute atomic E-state index is 2.43. The van der Waals surface area contributed by atoms with E-state index in [1.54, 1.807) is 0 Å². The number of hydrogen-bond donors (Lipinski definition) is 0. The fourth-order valence-corrected chi connectivity index (χ4v) is 8.47. The van der Waals surface area contributed by atoms with Crippen LogP contribution >= 0.6 is 22.7 Å². The van der Waals surface area contributed by atoms with Crippen LogP contribution in [0.5, 0.6) is 0 Å². The van der Waals surface area contributed by atoms with Crippen LogP contribution < -0.4 is 0 Å². The average molecular weight is 543 g/mol. The van der Waals surface area contributed by atoms with Gasteiger partial charge in [-0.3, -0.25) is 0 Å². The van der Waals surface area contributed by atoms with Gasteiger partial charge >= 0.3 is 0 Å². The third-order valence-corrected chi connectivity index (χ3v) is 10.4. The van der Waals surface area contributed by atoms with Crippen molar-refractivity contribution in [3.63, 3.8) is 0 Å². The number of thiophene rings is 2. The Hall–Kier alpha value is -4.50. The second-order valence-electron chi connectivity index (χ2n) is 10.6. The summed E-state index contributed by atoms with van der Waals surface area (Å²) in [6.07, 6.45) is 0. The summed E-state index contributed by atoms with van der Waals surface area (Å²) >= 11 is 3.83. The first-order valence-electron chi connectivity index (χ1n) is 13.6. The normalized spacial score (nSPS) is 12.0. The Kier molecular flexibility index (Phi) is 4.74. The van der Waals surface area contributed by atoms with Gasteiger partial charge in [-0.05, 0) is 92.3 Å². The van der Waals surface area contributed by atoms with Gasteiger partial charge in [-0.15, -0.1) is 22.7 Å². The molecule has 0 spiro atoms. The van der Waals surface area contributed by atoms with Crippen LogP contribution in [-0.2, 0) is 0 Å². The fourth-order valence-electron chi connectivity index (χ4n) is 6.15. The Morgan fingerprint density at radius 1 is 0.275 bits per heavy atom. The van der Waals surface area contributed by atoms with Gasteiger partial charge in [0.2, 0.25) is 0 Å². The number of rotatable bonds is 2. The quantitative estimate of drug-likeness (QED) is 0.204. The van der Waals surface area contributed by atoms with E-state index in [0.29, 0.717) is 0 Å². The lowest BCUT2D eigenvalue weighted by Gasteiger charge is -2.05. The monoisotopic (exact) mass is 542 g/mol. The molecule has 2 heteroatoms. The van der Waals surface area contributed by atoms with Gasteiger partial charge in [0.05, 0.1) is 0 Å². The van der Waals surface area contributed by atoms with E-state index in [2.05, 4.69) is 133 Å². The van der Waals surface area contributed by atoms with E-state index in [0.717, 1.165) is 0 Å². The first kappa shape index (κ1) is 22.3. The van der Waals surface area contributed by atoms with Crippen LogP contribution in [0.2, 0.25) is 0 Å². The van der Waals surface area contributed by atoms with Crippen LogP contribution in [0.25, 0.3) is 84.1 Å². The molecule has 9 rings (SSSR count). The molecular formula is C38H22S2. The summed E-state index contributed by atoms with van der Waals surface area (Å²) in [5.41, 5.74) is 5.06. The van der Waals surface area contributed by atoms with Gasteiger partial charge in [0.15, 0.2) is 0 Å². The van der Waals surface area contributed by atoms with Crippen molar-refractivity contribution in [3.05, 3.63) is 133 Å². The molecule has 0 unspecified atom stereocenters. The molecule has 0 nitrogen and oxygen atoms in total. The molecule has 0 saturated carbocycles. The molecule has 0 saturated heterocycles. The first-order chi connectivity index (χ1) is 19.8. The minimum Gasteiger partial charge on any atom is -0.135 e. The zero-order valence-electron chi connectivity index (χ0n) is 21.5. The Morgan fingerprint density at radius 3 is 1.12 bits per heavy atom. The maximum Gasteiger partial charge on any atom is 0.0362 e. The molecule has 40 heavy (non-hydrogen) atoms. The summed E-state index contributed by atoms with van der Waals surface area (Å²) in [5, 5.41) is 10.6. The highest BCUT2D eigenvalue weighted by Gasteiger charge is 2.13.